The van der Waals surface area contributed by atoms with E-state index in [-0.39, 0.29) is 5.82 Å². The van der Waals surface area contributed by atoms with Crippen LogP contribution in [0, 0.1) is 5.82 Å². The van der Waals surface area contributed by atoms with Gasteiger partial charge in [-0.05, 0) is 24.1 Å². The average Bonchev–Trinajstić information content (AvgIpc) is 2.28. The van der Waals surface area contributed by atoms with Crippen molar-refractivity contribution in [1.29, 1.82) is 0 Å². The van der Waals surface area contributed by atoms with Crippen LogP contribution in [0.4, 0.5) is 4.39 Å². The van der Waals surface area contributed by atoms with Crippen molar-refractivity contribution < 1.29 is 9.13 Å². The van der Waals surface area contributed by atoms with Crippen LogP contribution in [0.25, 0.3) is 0 Å². The molecule has 1 aliphatic heterocycles. The lowest BCUT2D eigenvalue weighted by molar-refractivity contribution is -0.0107. The maximum absolute atomic E-state index is 12.9. The van der Waals surface area contributed by atoms with Crippen LogP contribution in [0.2, 0.25) is 0 Å². The van der Waals surface area contributed by atoms with Gasteiger partial charge in [0, 0.05) is 6.04 Å². The SMILES string of the molecule is CCCCC(NC1COC1)c1ccc(F)cc1. The van der Waals surface area contributed by atoms with Crippen molar-refractivity contribution in [3.8, 4) is 0 Å². The van der Waals surface area contributed by atoms with Gasteiger partial charge in [0.05, 0.1) is 19.3 Å². The standard InChI is InChI=1S/C14H20FNO/c1-2-3-4-14(16-13-9-17-10-13)11-5-7-12(15)8-6-11/h5-8,13-14,16H,2-4,9-10H2,1H3. The quantitative estimate of drug-likeness (QED) is 0.821. The molecule has 1 heterocycles. The zero-order chi connectivity index (χ0) is 12.1. The first-order valence-corrected chi connectivity index (χ1v) is 6.39. The third kappa shape index (κ3) is 3.51. The molecular weight excluding hydrogens is 217 g/mol. The normalized spacial score (nSPS) is 17.8. The predicted molar refractivity (Wildman–Crippen MR) is 66.4 cm³/mol. The lowest BCUT2D eigenvalue weighted by Gasteiger charge is -2.32. The lowest BCUT2D eigenvalue weighted by atomic mass is 9.99. The van der Waals surface area contributed by atoms with E-state index >= 15 is 0 Å². The largest absolute Gasteiger partial charge is 0.378 e. The van der Waals surface area contributed by atoms with E-state index in [0.717, 1.165) is 19.6 Å². The van der Waals surface area contributed by atoms with Gasteiger partial charge < -0.3 is 10.1 Å². The minimum Gasteiger partial charge on any atom is -0.378 e. The smallest absolute Gasteiger partial charge is 0.123 e. The van der Waals surface area contributed by atoms with Crippen molar-refractivity contribution in [2.24, 2.45) is 0 Å². The van der Waals surface area contributed by atoms with Crippen molar-refractivity contribution >= 4 is 0 Å². The van der Waals surface area contributed by atoms with Crippen LogP contribution in [0.5, 0.6) is 0 Å². The molecule has 0 saturated carbocycles. The molecule has 0 bridgehead atoms. The third-order valence-corrected chi connectivity index (χ3v) is 3.19. The topological polar surface area (TPSA) is 21.3 Å². The van der Waals surface area contributed by atoms with Crippen molar-refractivity contribution in [2.75, 3.05) is 13.2 Å². The molecule has 0 spiro atoms. The Morgan fingerprint density at radius 3 is 2.59 bits per heavy atom. The zero-order valence-electron chi connectivity index (χ0n) is 10.3. The second-order valence-corrected chi connectivity index (χ2v) is 4.65. The Hall–Kier alpha value is -0.930. The fourth-order valence-corrected chi connectivity index (χ4v) is 2.07. The molecule has 1 fully saturated rings. The Kier molecular flexibility index (Phi) is 4.51. The Morgan fingerprint density at radius 1 is 1.35 bits per heavy atom. The summed E-state index contributed by atoms with van der Waals surface area (Å²) >= 11 is 0. The van der Waals surface area contributed by atoms with E-state index < -0.39 is 0 Å². The van der Waals surface area contributed by atoms with Gasteiger partial charge in [-0.3, -0.25) is 0 Å². The van der Waals surface area contributed by atoms with Crippen molar-refractivity contribution in [3.05, 3.63) is 35.6 Å². The van der Waals surface area contributed by atoms with Crippen molar-refractivity contribution in [1.82, 2.24) is 5.32 Å². The van der Waals surface area contributed by atoms with Crippen molar-refractivity contribution in [3.63, 3.8) is 0 Å². The third-order valence-electron chi connectivity index (χ3n) is 3.19. The molecule has 0 aromatic heterocycles. The van der Waals surface area contributed by atoms with Gasteiger partial charge in [-0.2, -0.15) is 0 Å². The molecule has 1 saturated heterocycles. The summed E-state index contributed by atoms with van der Waals surface area (Å²) < 4.78 is 18.1. The minimum absolute atomic E-state index is 0.171. The van der Waals surface area contributed by atoms with Crippen molar-refractivity contribution in [2.45, 2.75) is 38.3 Å². The molecule has 1 unspecified atom stereocenters. The summed E-state index contributed by atoms with van der Waals surface area (Å²) in [4.78, 5) is 0. The van der Waals surface area contributed by atoms with Gasteiger partial charge in [-0.15, -0.1) is 0 Å². The molecule has 1 aliphatic rings. The zero-order valence-corrected chi connectivity index (χ0v) is 10.3. The van der Waals surface area contributed by atoms with Gasteiger partial charge in [0.25, 0.3) is 0 Å². The molecule has 1 aromatic rings. The highest BCUT2D eigenvalue weighted by Gasteiger charge is 2.22. The van der Waals surface area contributed by atoms with Gasteiger partial charge in [0.1, 0.15) is 5.82 Å². The number of nitrogens with one attached hydrogen (secondary N) is 1. The fraction of sp³-hybridized carbons (Fsp3) is 0.571. The van der Waals surface area contributed by atoms with Gasteiger partial charge in [0.2, 0.25) is 0 Å². The first-order chi connectivity index (χ1) is 8.29. The van der Waals surface area contributed by atoms with E-state index in [1.54, 1.807) is 0 Å². The molecule has 0 amide bonds. The molecule has 1 aromatic carbocycles. The van der Waals surface area contributed by atoms with Crippen LogP contribution in [0.3, 0.4) is 0 Å². The Bertz CT molecular complexity index is 335. The number of hydrogen-bond acceptors (Lipinski definition) is 2. The number of rotatable bonds is 6. The average molecular weight is 237 g/mol. The Morgan fingerprint density at radius 2 is 2.06 bits per heavy atom. The number of halogens is 1. The van der Waals surface area contributed by atoms with Gasteiger partial charge >= 0.3 is 0 Å². The van der Waals surface area contributed by atoms with E-state index in [0.29, 0.717) is 12.1 Å². The molecule has 2 rings (SSSR count). The highest BCUT2D eigenvalue weighted by molar-refractivity contribution is 5.20. The van der Waals surface area contributed by atoms with Crippen LogP contribution >= 0.6 is 0 Å². The maximum Gasteiger partial charge on any atom is 0.123 e. The Balaban J connectivity index is 1.99. The molecule has 0 aliphatic carbocycles. The summed E-state index contributed by atoms with van der Waals surface area (Å²) in [5.74, 6) is -0.171. The van der Waals surface area contributed by atoms with Gasteiger partial charge in [0.15, 0.2) is 0 Å². The summed E-state index contributed by atoms with van der Waals surface area (Å²) in [6.45, 7) is 3.78. The van der Waals surface area contributed by atoms with E-state index in [4.69, 9.17) is 4.74 Å². The second-order valence-electron chi connectivity index (χ2n) is 4.65. The summed E-state index contributed by atoms with van der Waals surface area (Å²) in [7, 11) is 0. The first kappa shape index (κ1) is 12.5. The molecule has 1 atom stereocenters. The summed E-state index contributed by atoms with van der Waals surface area (Å²) in [6.07, 6.45) is 3.46. The summed E-state index contributed by atoms with van der Waals surface area (Å²) in [5.41, 5.74) is 1.17. The second kappa shape index (κ2) is 6.12. The van der Waals surface area contributed by atoms with Gasteiger partial charge in [-0.25, -0.2) is 4.39 Å². The summed E-state index contributed by atoms with van der Waals surface area (Å²) in [6, 6.07) is 7.61. The number of benzene rings is 1. The van der Waals surface area contributed by atoms with Gasteiger partial charge in [-0.1, -0.05) is 31.9 Å². The van der Waals surface area contributed by atoms with E-state index in [9.17, 15) is 4.39 Å². The Labute approximate surface area is 102 Å². The number of ether oxygens (including phenoxy) is 1. The molecule has 17 heavy (non-hydrogen) atoms. The van der Waals surface area contributed by atoms with E-state index in [1.165, 1.54) is 30.5 Å². The van der Waals surface area contributed by atoms with Crippen LogP contribution in [-0.4, -0.2) is 19.3 Å². The monoisotopic (exact) mass is 237 g/mol. The number of unbranched alkanes of at least 4 members (excludes halogenated alkanes) is 1. The predicted octanol–water partition coefficient (Wildman–Crippen LogP) is 3.05. The lowest BCUT2D eigenvalue weighted by Crippen LogP contribution is -2.47. The van der Waals surface area contributed by atoms with Crippen LogP contribution < -0.4 is 5.32 Å². The molecule has 0 radical (unpaired) electrons. The van der Waals surface area contributed by atoms with E-state index in [2.05, 4.69) is 12.2 Å². The highest BCUT2D eigenvalue weighted by Crippen LogP contribution is 2.21. The molecule has 1 N–H and O–H groups in total. The van der Waals surface area contributed by atoms with Crippen LogP contribution in [0.15, 0.2) is 24.3 Å². The number of hydrogen-bond donors (Lipinski definition) is 1. The fourth-order valence-electron chi connectivity index (χ4n) is 2.07. The molecule has 2 nitrogen and oxygen atoms in total. The minimum atomic E-state index is -0.171. The molecular formula is C14H20FNO. The molecule has 94 valence electrons. The summed E-state index contributed by atoms with van der Waals surface area (Å²) in [5, 5.41) is 3.58. The highest BCUT2D eigenvalue weighted by atomic mass is 19.1. The maximum atomic E-state index is 12.9. The first-order valence-electron chi connectivity index (χ1n) is 6.39. The molecule has 3 heteroatoms. The van der Waals surface area contributed by atoms with Crippen LogP contribution in [0.1, 0.15) is 37.8 Å². The van der Waals surface area contributed by atoms with E-state index in [1.807, 2.05) is 12.1 Å². The van der Waals surface area contributed by atoms with Crippen LogP contribution in [-0.2, 0) is 4.74 Å².